The summed E-state index contributed by atoms with van der Waals surface area (Å²) < 4.78 is 5.98. The SMILES string of the molecule is CC(C)CCC[C@@H](C)[C@H]1CC(=O)C2=C3CC[C@H]4C[C@@H](OCC(O)CO)CC[C@]4(C)[C@H]3CC[C@@]21C. The second-order valence-corrected chi connectivity index (χ2v) is 13.3. The van der Waals surface area contributed by atoms with Crippen molar-refractivity contribution >= 4 is 5.78 Å². The number of carbonyl (C=O) groups excluding carboxylic acids is 1. The Morgan fingerprint density at radius 1 is 1.09 bits per heavy atom. The van der Waals surface area contributed by atoms with E-state index < -0.39 is 6.10 Å². The highest BCUT2D eigenvalue weighted by atomic mass is 16.5. The fraction of sp³-hybridized carbons (Fsp3) is 0.900. The highest BCUT2D eigenvalue weighted by molar-refractivity contribution is 6.00. The van der Waals surface area contributed by atoms with E-state index in [0.717, 1.165) is 44.4 Å². The number of hydrogen-bond acceptors (Lipinski definition) is 4. The van der Waals surface area contributed by atoms with Crippen molar-refractivity contribution < 1.29 is 19.7 Å². The second-order valence-electron chi connectivity index (χ2n) is 13.3. The van der Waals surface area contributed by atoms with Gasteiger partial charge in [-0.25, -0.2) is 0 Å². The fourth-order valence-corrected chi connectivity index (χ4v) is 8.65. The normalized spacial score (nSPS) is 39.6. The Balaban J connectivity index is 1.49. The van der Waals surface area contributed by atoms with E-state index >= 15 is 0 Å². The number of allylic oxidation sites excluding steroid dienone is 2. The van der Waals surface area contributed by atoms with Crippen LogP contribution in [-0.2, 0) is 9.53 Å². The molecule has 4 rings (SSSR count). The lowest BCUT2D eigenvalue weighted by Gasteiger charge is -2.56. The maximum atomic E-state index is 13.5. The molecule has 34 heavy (non-hydrogen) atoms. The summed E-state index contributed by atoms with van der Waals surface area (Å²) in [5.41, 5.74) is 3.17. The minimum Gasteiger partial charge on any atom is -0.394 e. The summed E-state index contributed by atoms with van der Waals surface area (Å²) in [4.78, 5) is 13.5. The predicted molar refractivity (Wildman–Crippen MR) is 136 cm³/mol. The van der Waals surface area contributed by atoms with E-state index in [9.17, 15) is 9.90 Å². The van der Waals surface area contributed by atoms with Gasteiger partial charge in [0.15, 0.2) is 5.78 Å². The lowest BCUT2D eigenvalue weighted by Crippen LogP contribution is -2.49. The van der Waals surface area contributed by atoms with Crippen LogP contribution in [0.4, 0.5) is 0 Å². The molecule has 2 N–H and O–H groups in total. The van der Waals surface area contributed by atoms with Gasteiger partial charge in [0, 0.05) is 12.0 Å². The molecule has 3 saturated carbocycles. The molecule has 3 fully saturated rings. The van der Waals surface area contributed by atoms with Gasteiger partial charge in [-0.15, -0.1) is 0 Å². The third-order valence-electron chi connectivity index (χ3n) is 10.7. The first kappa shape index (κ1) is 26.4. The molecule has 4 heteroatoms. The van der Waals surface area contributed by atoms with Gasteiger partial charge in [0.25, 0.3) is 0 Å². The molecule has 0 aromatic heterocycles. The van der Waals surface area contributed by atoms with E-state index in [2.05, 4.69) is 34.6 Å². The van der Waals surface area contributed by atoms with Crippen LogP contribution < -0.4 is 0 Å². The molecule has 0 bridgehead atoms. The van der Waals surface area contributed by atoms with Gasteiger partial charge < -0.3 is 14.9 Å². The number of Topliss-reactive ketones (excluding diaryl/α,β-unsaturated/α-hetero) is 1. The third kappa shape index (κ3) is 4.81. The van der Waals surface area contributed by atoms with Crippen molar-refractivity contribution in [2.45, 2.75) is 117 Å². The van der Waals surface area contributed by atoms with Crippen LogP contribution in [0.2, 0.25) is 0 Å². The minimum absolute atomic E-state index is 0.0874. The molecule has 194 valence electrons. The van der Waals surface area contributed by atoms with Crippen molar-refractivity contribution in [1.29, 1.82) is 0 Å². The van der Waals surface area contributed by atoms with Crippen LogP contribution in [0.3, 0.4) is 0 Å². The summed E-state index contributed by atoms with van der Waals surface area (Å²) >= 11 is 0. The molecular weight excluding hydrogens is 424 g/mol. The molecule has 4 aliphatic rings. The van der Waals surface area contributed by atoms with Crippen molar-refractivity contribution in [2.75, 3.05) is 13.2 Å². The van der Waals surface area contributed by atoms with Gasteiger partial charge in [-0.3, -0.25) is 4.79 Å². The van der Waals surface area contributed by atoms with Crippen LogP contribution in [0.15, 0.2) is 11.1 Å². The number of fused-ring (bicyclic) bond motifs is 4. The first-order valence-electron chi connectivity index (χ1n) is 14.3. The Labute approximate surface area is 207 Å². The maximum Gasteiger partial charge on any atom is 0.159 e. The van der Waals surface area contributed by atoms with Gasteiger partial charge in [-0.1, -0.05) is 59.5 Å². The number of ether oxygens (including phenoxy) is 1. The zero-order valence-electron chi connectivity index (χ0n) is 22.4. The largest absolute Gasteiger partial charge is 0.394 e. The number of carbonyl (C=O) groups is 1. The molecule has 0 aromatic rings. The van der Waals surface area contributed by atoms with Crippen LogP contribution >= 0.6 is 0 Å². The van der Waals surface area contributed by atoms with Crippen LogP contribution in [0.25, 0.3) is 0 Å². The second kappa shape index (κ2) is 10.3. The molecule has 0 radical (unpaired) electrons. The molecule has 0 spiro atoms. The quantitative estimate of drug-likeness (QED) is 0.424. The van der Waals surface area contributed by atoms with E-state index in [4.69, 9.17) is 9.84 Å². The lowest BCUT2D eigenvalue weighted by molar-refractivity contribution is -0.115. The Kier molecular flexibility index (Phi) is 8.02. The van der Waals surface area contributed by atoms with Gasteiger partial charge in [0.2, 0.25) is 0 Å². The summed E-state index contributed by atoms with van der Waals surface area (Å²) in [5, 5.41) is 18.8. The standard InChI is InChI=1S/C30H50O4/c1-19(2)7-6-8-20(3)26-16-27(33)28-24-10-9-21-15-23(34-18-22(32)17-31)11-13-29(21,4)25(24)12-14-30(26,28)5/h19-23,25-26,31-32H,6-18H2,1-5H3/t20-,21+,22?,23+,25+,26-,29+,30-/m1/s1. The molecule has 0 aliphatic heterocycles. The molecule has 0 saturated heterocycles. The topological polar surface area (TPSA) is 66.8 Å². The minimum atomic E-state index is -0.777. The van der Waals surface area contributed by atoms with Crippen LogP contribution in [0.5, 0.6) is 0 Å². The molecule has 0 aromatic carbocycles. The molecule has 8 atom stereocenters. The number of ketones is 1. The summed E-state index contributed by atoms with van der Waals surface area (Å²) in [6.45, 7) is 12.0. The summed E-state index contributed by atoms with van der Waals surface area (Å²) in [6, 6.07) is 0. The van der Waals surface area contributed by atoms with Crippen LogP contribution in [-0.4, -0.2) is 41.4 Å². The first-order chi connectivity index (χ1) is 16.1. The molecule has 0 amide bonds. The van der Waals surface area contributed by atoms with Crippen molar-refractivity contribution in [3.05, 3.63) is 11.1 Å². The van der Waals surface area contributed by atoms with Crippen molar-refractivity contribution in [3.8, 4) is 0 Å². The van der Waals surface area contributed by atoms with Gasteiger partial charge >= 0.3 is 0 Å². The highest BCUT2D eigenvalue weighted by Crippen LogP contribution is 2.65. The number of rotatable bonds is 9. The van der Waals surface area contributed by atoms with E-state index in [0.29, 0.717) is 29.5 Å². The van der Waals surface area contributed by atoms with Crippen molar-refractivity contribution in [3.63, 3.8) is 0 Å². The molecule has 0 heterocycles. The average Bonchev–Trinajstić information content (AvgIpc) is 3.07. The zero-order chi connectivity index (χ0) is 24.7. The average molecular weight is 475 g/mol. The van der Waals surface area contributed by atoms with E-state index in [1.165, 1.54) is 37.7 Å². The third-order valence-corrected chi connectivity index (χ3v) is 10.7. The van der Waals surface area contributed by atoms with E-state index in [1.807, 2.05) is 0 Å². The lowest BCUT2D eigenvalue weighted by atomic mass is 9.48. The molecular formula is C30H50O4. The van der Waals surface area contributed by atoms with Gasteiger partial charge in [-0.05, 0) is 85.4 Å². The molecule has 4 aliphatic carbocycles. The van der Waals surface area contributed by atoms with Gasteiger partial charge in [-0.2, -0.15) is 0 Å². The first-order valence-corrected chi connectivity index (χ1v) is 14.3. The van der Waals surface area contributed by atoms with Crippen LogP contribution in [0.1, 0.15) is 105 Å². The molecule has 4 nitrogen and oxygen atoms in total. The number of hydrogen-bond donors (Lipinski definition) is 2. The van der Waals surface area contributed by atoms with Crippen molar-refractivity contribution in [1.82, 2.24) is 0 Å². The number of aliphatic hydroxyl groups excluding tert-OH is 2. The van der Waals surface area contributed by atoms with Crippen LogP contribution in [0, 0.1) is 40.4 Å². The van der Waals surface area contributed by atoms with Gasteiger partial charge in [0.1, 0.15) is 6.10 Å². The maximum absolute atomic E-state index is 13.5. The fourth-order valence-electron chi connectivity index (χ4n) is 8.65. The van der Waals surface area contributed by atoms with E-state index in [1.54, 1.807) is 5.57 Å². The Morgan fingerprint density at radius 2 is 1.85 bits per heavy atom. The smallest absolute Gasteiger partial charge is 0.159 e. The highest BCUT2D eigenvalue weighted by Gasteiger charge is 2.58. The number of aliphatic hydroxyl groups is 2. The summed E-state index contributed by atoms with van der Waals surface area (Å²) in [5.74, 6) is 3.55. The monoisotopic (exact) mass is 474 g/mol. The molecule has 1 unspecified atom stereocenters. The van der Waals surface area contributed by atoms with Crippen molar-refractivity contribution in [2.24, 2.45) is 40.4 Å². The Hall–Kier alpha value is -0.710. The zero-order valence-corrected chi connectivity index (χ0v) is 22.4. The van der Waals surface area contributed by atoms with E-state index in [-0.39, 0.29) is 30.1 Å². The summed E-state index contributed by atoms with van der Waals surface area (Å²) in [7, 11) is 0. The Bertz CT molecular complexity index is 772. The summed E-state index contributed by atoms with van der Waals surface area (Å²) in [6.07, 6.45) is 11.9. The Morgan fingerprint density at radius 3 is 2.56 bits per heavy atom. The van der Waals surface area contributed by atoms with Gasteiger partial charge in [0.05, 0.1) is 19.3 Å². The predicted octanol–water partition coefficient (Wildman–Crippen LogP) is 6.09.